The highest BCUT2D eigenvalue weighted by Crippen LogP contribution is 2.24. The van der Waals surface area contributed by atoms with Crippen molar-refractivity contribution in [3.05, 3.63) is 22.4 Å². The number of nitrogens with one attached hydrogen (secondary N) is 2. The van der Waals surface area contributed by atoms with Gasteiger partial charge in [-0.1, -0.05) is 6.07 Å². The van der Waals surface area contributed by atoms with E-state index < -0.39 is 17.4 Å². The molecule has 0 radical (unpaired) electrons. The normalized spacial score (nSPS) is 17.9. The summed E-state index contributed by atoms with van der Waals surface area (Å²) in [4.78, 5) is 23.6. The molecule has 1 aliphatic carbocycles. The predicted octanol–water partition coefficient (Wildman–Crippen LogP) is 0.350. The number of hydrogen-bond donors (Lipinski definition) is 3. The first-order valence-electron chi connectivity index (χ1n) is 5.84. The first-order chi connectivity index (χ1) is 8.49. The van der Waals surface area contributed by atoms with Crippen molar-refractivity contribution in [2.45, 2.75) is 31.4 Å². The molecule has 2 amide bonds. The SMILES string of the molecule is CC(O)(CNC(=O)C(=O)NC1CC1)c1cccs1. The Bertz CT molecular complexity index is 438. The van der Waals surface area contributed by atoms with Gasteiger partial charge in [-0.2, -0.15) is 0 Å². The largest absolute Gasteiger partial charge is 0.383 e. The lowest BCUT2D eigenvalue weighted by atomic mass is 10.1. The average molecular weight is 268 g/mol. The minimum absolute atomic E-state index is 0.0183. The molecule has 6 heteroatoms. The van der Waals surface area contributed by atoms with E-state index in [0.29, 0.717) is 0 Å². The van der Waals surface area contributed by atoms with Crippen LogP contribution in [0.15, 0.2) is 17.5 Å². The van der Waals surface area contributed by atoms with Crippen LogP contribution in [0.25, 0.3) is 0 Å². The minimum atomic E-state index is -1.15. The van der Waals surface area contributed by atoms with Gasteiger partial charge in [0.15, 0.2) is 0 Å². The minimum Gasteiger partial charge on any atom is -0.383 e. The monoisotopic (exact) mass is 268 g/mol. The molecule has 1 fully saturated rings. The van der Waals surface area contributed by atoms with Crippen LogP contribution >= 0.6 is 11.3 Å². The second kappa shape index (κ2) is 5.07. The molecule has 1 unspecified atom stereocenters. The van der Waals surface area contributed by atoms with Gasteiger partial charge in [0.05, 0.1) is 6.54 Å². The maximum Gasteiger partial charge on any atom is 0.309 e. The summed E-state index contributed by atoms with van der Waals surface area (Å²) >= 11 is 1.41. The van der Waals surface area contributed by atoms with Crippen LogP contribution in [0.2, 0.25) is 0 Å². The molecular weight excluding hydrogens is 252 g/mol. The predicted molar refractivity (Wildman–Crippen MR) is 68.1 cm³/mol. The van der Waals surface area contributed by atoms with Crippen LogP contribution < -0.4 is 10.6 Å². The lowest BCUT2D eigenvalue weighted by Gasteiger charge is -2.22. The van der Waals surface area contributed by atoms with E-state index in [-0.39, 0.29) is 12.6 Å². The number of amides is 2. The van der Waals surface area contributed by atoms with Gasteiger partial charge >= 0.3 is 11.8 Å². The zero-order chi connectivity index (χ0) is 13.2. The van der Waals surface area contributed by atoms with Gasteiger partial charge in [-0.3, -0.25) is 9.59 Å². The third kappa shape index (κ3) is 3.30. The van der Waals surface area contributed by atoms with Crippen molar-refractivity contribution in [1.29, 1.82) is 0 Å². The van der Waals surface area contributed by atoms with E-state index in [1.165, 1.54) is 11.3 Å². The van der Waals surface area contributed by atoms with Gasteiger partial charge in [-0.25, -0.2) is 0 Å². The summed E-state index contributed by atoms with van der Waals surface area (Å²) in [6.45, 7) is 1.63. The number of carbonyl (C=O) groups is 2. The molecule has 0 bridgehead atoms. The summed E-state index contributed by atoms with van der Waals surface area (Å²) in [7, 11) is 0. The smallest absolute Gasteiger partial charge is 0.309 e. The highest BCUT2D eigenvalue weighted by Gasteiger charge is 2.29. The van der Waals surface area contributed by atoms with Gasteiger partial charge < -0.3 is 15.7 Å². The Hall–Kier alpha value is -1.40. The number of aliphatic hydroxyl groups is 1. The Morgan fingerprint density at radius 2 is 2.22 bits per heavy atom. The fourth-order valence-corrected chi connectivity index (χ4v) is 2.27. The van der Waals surface area contributed by atoms with Gasteiger partial charge in [0.1, 0.15) is 5.60 Å². The van der Waals surface area contributed by atoms with E-state index in [1.54, 1.807) is 13.0 Å². The number of hydrogen-bond acceptors (Lipinski definition) is 4. The van der Waals surface area contributed by atoms with Crippen molar-refractivity contribution in [2.24, 2.45) is 0 Å². The standard InChI is InChI=1S/C12H16N2O3S/c1-12(17,9-3-2-6-18-9)7-13-10(15)11(16)14-8-4-5-8/h2-3,6,8,17H,4-5,7H2,1H3,(H,13,15)(H,14,16). The highest BCUT2D eigenvalue weighted by atomic mass is 32.1. The molecule has 1 saturated carbocycles. The summed E-state index contributed by atoms with van der Waals surface area (Å²) in [6.07, 6.45) is 1.87. The molecule has 0 saturated heterocycles. The summed E-state index contributed by atoms with van der Waals surface area (Å²) in [6, 6.07) is 3.78. The Kier molecular flexibility index (Phi) is 3.68. The van der Waals surface area contributed by atoms with E-state index in [4.69, 9.17) is 0 Å². The molecule has 5 nitrogen and oxygen atoms in total. The van der Waals surface area contributed by atoms with Crippen molar-refractivity contribution < 1.29 is 14.7 Å². The first-order valence-corrected chi connectivity index (χ1v) is 6.72. The summed E-state index contributed by atoms with van der Waals surface area (Å²) in [5.74, 6) is -1.32. The maximum absolute atomic E-state index is 11.5. The van der Waals surface area contributed by atoms with Crippen LogP contribution in [0, 0.1) is 0 Å². The summed E-state index contributed by atoms with van der Waals surface area (Å²) in [5, 5.41) is 17.1. The Labute approximate surface area is 109 Å². The topological polar surface area (TPSA) is 78.4 Å². The Morgan fingerprint density at radius 3 is 2.78 bits per heavy atom. The summed E-state index contributed by atoms with van der Waals surface area (Å²) in [5.41, 5.74) is -1.15. The van der Waals surface area contributed by atoms with Crippen LogP contribution in [0.1, 0.15) is 24.6 Å². The molecule has 0 aromatic carbocycles. The Balaban J connectivity index is 1.83. The van der Waals surface area contributed by atoms with E-state index in [2.05, 4.69) is 10.6 Å². The molecule has 1 aromatic heterocycles. The van der Waals surface area contributed by atoms with Crippen molar-refractivity contribution in [3.63, 3.8) is 0 Å². The fraction of sp³-hybridized carbons (Fsp3) is 0.500. The zero-order valence-electron chi connectivity index (χ0n) is 10.1. The molecule has 18 heavy (non-hydrogen) atoms. The van der Waals surface area contributed by atoms with E-state index in [9.17, 15) is 14.7 Å². The molecule has 98 valence electrons. The van der Waals surface area contributed by atoms with Crippen molar-refractivity contribution in [3.8, 4) is 0 Å². The van der Waals surface area contributed by atoms with Crippen LogP contribution in [-0.2, 0) is 15.2 Å². The Morgan fingerprint density at radius 1 is 1.50 bits per heavy atom. The molecule has 1 heterocycles. The summed E-state index contributed by atoms with van der Waals surface area (Å²) < 4.78 is 0. The second-order valence-corrected chi connectivity index (χ2v) is 5.63. The van der Waals surface area contributed by atoms with E-state index >= 15 is 0 Å². The van der Waals surface area contributed by atoms with Crippen molar-refractivity contribution in [2.75, 3.05) is 6.54 Å². The lowest BCUT2D eigenvalue weighted by Crippen LogP contribution is -2.45. The first kappa shape index (κ1) is 13.0. The molecule has 1 aliphatic rings. The lowest BCUT2D eigenvalue weighted by molar-refractivity contribution is -0.139. The van der Waals surface area contributed by atoms with Gasteiger partial charge in [0.2, 0.25) is 0 Å². The quantitative estimate of drug-likeness (QED) is 0.690. The highest BCUT2D eigenvalue weighted by molar-refractivity contribution is 7.10. The maximum atomic E-state index is 11.5. The zero-order valence-corrected chi connectivity index (χ0v) is 10.9. The van der Waals surface area contributed by atoms with E-state index in [1.807, 2.05) is 11.4 Å². The van der Waals surface area contributed by atoms with Crippen molar-refractivity contribution in [1.82, 2.24) is 10.6 Å². The number of carbonyl (C=O) groups excluding carboxylic acids is 2. The molecule has 0 aliphatic heterocycles. The van der Waals surface area contributed by atoms with Gasteiger partial charge in [0, 0.05) is 10.9 Å². The number of rotatable bonds is 4. The van der Waals surface area contributed by atoms with Crippen LogP contribution in [-0.4, -0.2) is 29.5 Å². The fourth-order valence-electron chi connectivity index (χ4n) is 1.48. The molecule has 0 spiro atoms. The van der Waals surface area contributed by atoms with Crippen LogP contribution in [0.4, 0.5) is 0 Å². The van der Waals surface area contributed by atoms with Crippen molar-refractivity contribution >= 4 is 23.2 Å². The van der Waals surface area contributed by atoms with Gasteiger partial charge in [-0.15, -0.1) is 11.3 Å². The third-order valence-electron chi connectivity index (χ3n) is 2.76. The second-order valence-electron chi connectivity index (χ2n) is 4.68. The van der Waals surface area contributed by atoms with Crippen LogP contribution in [0.3, 0.4) is 0 Å². The number of thiophene rings is 1. The van der Waals surface area contributed by atoms with Crippen LogP contribution in [0.5, 0.6) is 0 Å². The van der Waals surface area contributed by atoms with E-state index in [0.717, 1.165) is 17.7 Å². The third-order valence-corrected chi connectivity index (χ3v) is 3.89. The average Bonchev–Trinajstić information content (AvgIpc) is 2.96. The molecule has 2 rings (SSSR count). The molecule has 3 N–H and O–H groups in total. The molecule has 1 aromatic rings. The van der Waals surface area contributed by atoms with Gasteiger partial charge in [0.25, 0.3) is 0 Å². The van der Waals surface area contributed by atoms with Gasteiger partial charge in [-0.05, 0) is 31.2 Å². The molecule has 1 atom stereocenters. The molecular formula is C12H16N2O3S.